The molecule has 3 heteroatoms. The van der Waals surface area contributed by atoms with Crippen LogP contribution in [-0.4, -0.2) is 31.1 Å². The van der Waals surface area contributed by atoms with Crippen molar-refractivity contribution in [2.75, 3.05) is 26.2 Å². The third kappa shape index (κ3) is 2.26. The van der Waals surface area contributed by atoms with E-state index < -0.39 is 0 Å². The van der Waals surface area contributed by atoms with Gasteiger partial charge in [0.1, 0.15) is 11.5 Å². The molecule has 1 aliphatic heterocycles. The molecule has 1 atom stereocenters. The quantitative estimate of drug-likeness (QED) is 0.869. The topological polar surface area (TPSA) is 28.4 Å². The number of hydrogen-bond acceptors (Lipinski definition) is 3. The molecule has 1 aromatic heterocycles. The van der Waals surface area contributed by atoms with Gasteiger partial charge in [-0.3, -0.25) is 4.90 Å². The van der Waals surface area contributed by atoms with Gasteiger partial charge in [-0.15, -0.1) is 0 Å². The molecule has 2 aliphatic rings. The first kappa shape index (κ1) is 11.3. The van der Waals surface area contributed by atoms with Crippen LogP contribution in [0.15, 0.2) is 10.5 Å². The van der Waals surface area contributed by atoms with Gasteiger partial charge in [-0.05, 0) is 44.2 Å². The van der Waals surface area contributed by atoms with Crippen LogP contribution in [0.4, 0.5) is 0 Å². The van der Waals surface area contributed by atoms with Crippen molar-refractivity contribution in [3.8, 4) is 0 Å². The smallest absolute Gasteiger partial charge is 0.121 e. The maximum atomic E-state index is 5.97. The molecule has 1 aliphatic carbocycles. The molecule has 0 spiro atoms. The highest BCUT2D eigenvalue weighted by molar-refractivity contribution is 5.22. The molecule has 0 bridgehead atoms. The van der Waals surface area contributed by atoms with E-state index in [1.54, 1.807) is 0 Å². The number of aryl methyl sites for hydroxylation is 2. The Labute approximate surface area is 103 Å². The van der Waals surface area contributed by atoms with Crippen LogP contribution in [0.2, 0.25) is 0 Å². The monoisotopic (exact) mass is 234 g/mol. The Balaban J connectivity index is 1.83. The lowest BCUT2D eigenvalue weighted by Crippen LogP contribution is -2.45. The number of rotatable bonds is 3. The summed E-state index contributed by atoms with van der Waals surface area (Å²) >= 11 is 0. The Morgan fingerprint density at radius 2 is 2.00 bits per heavy atom. The third-order valence-electron chi connectivity index (χ3n) is 4.09. The molecule has 0 radical (unpaired) electrons. The van der Waals surface area contributed by atoms with Crippen molar-refractivity contribution in [2.24, 2.45) is 5.92 Å². The molecular weight excluding hydrogens is 212 g/mol. The minimum absolute atomic E-state index is 0.532. The van der Waals surface area contributed by atoms with Crippen molar-refractivity contribution in [3.63, 3.8) is 0 Å². The fourth-order valence-corrected chi connectivity index (χ4v) is 2.83. The molecule has 0 aromatic carbocycles. The molecule has 1 saturated heterocycles. The molecule has 1 aromatic rings. The van der Waals surface area contributed by atoms with Crippen LogP contribution in [0.25, 0.3) is 0 Å². The summed E-state index contributed by atoms with van der Waals surface area (Å²) in [6.45, 7) is 8.74. The van der Waals surface area contributed by atoms with Crippen molar-refractivity contribution in [3.05, 3.63) is 23.2 Å². The Morgan fingerprint density at radius 3 is 2.53 bits per heavy atom. The van der Waals surface area contributed by atoms with E-state index in [2.05, 4.69) is 30.1 Å². The van der Waals surface area contributed by atoms with Crippen molar-refractivity contribution in [1.82, 2.24) is 10.2 Å². The van der Waals surface area contributed by atoms with E-state index in [0.717, 1.165) is 37.9 Å². The second-order valence-corrected chi connectivity index (χ2v) is 5.46. The van der Waals surface area contributed by atoms with Gasteiger partial charge in [0.05, 0.1) is 6.04 Å². The fourth-order valence-electron chi connectivity index (χ4n) is 2.83. The van der Waals surface area contributed by atoms with E-state index in [0.29, 0.717) is 6.04 Å². The van der Waals surface area contributed by atoms with E-state index in [4.69, 9.17) is 4.42 Å². The Morgan fingerprint density at radius 1 is 1.29 bits per heavy atom. The lowest BCUT2D eigenvalue weighted by Gasteiger charge is -2.34. The van der Waals surface area contributed by atoms with E-state index in [9.17, 15) is 0 Å². The highest BCUT2D eigenvalue weighted by Crippen LogP contribution is 2.45. The lowest BCUT2D eigenvalue weighted by atomic mass is 10.1. The number of piperazine rings is 1. The summed E-state index contributed by atoms with van der Waals surface area (Å²) in [7, 11) is 0. The molecule has 0 amide bonds. The van der Waals surface area contributed by atoms with E-state index in [1.807, 2.05) is 0 Å². The standard InChI is InChI=1S/C14H22N2O/c1-10-9-13(17-11(10)2)14(12-3-4-12)16-7-5-15-6-8-16/h9,12,14-15H,3-8H2,1-2H3/t14-/m0/s1. The van der Waals surface area contributed by atoms with Crippen LogP contribution in [0.3, 0.4) is 0 Å². The first-order valence-electron chi connectivity index (χ1n) is 6.77. The third-order valence-corrected chi connectivity index (χ3v) is 4.09. The van der Waals surface area contributed by atoms with Gasteiger partial charge >= 0.3 is 0 Å². The summed E-state index contributed by atoms with van der Waals surface area (Å²) in [4.78, 5) is 2.60. The zero-order chi connectivity index (χ0) is 11.8. The summed E-state index contributed by atoms with van der Waals surface area (Å²) < 4.78 is 5.97. The molecule has 2 heterocycles. The zero-order valence-corrected chi connectivity index (χ0v) is 10.8. The number of hydrogen-bond donors (Lipinski definition) is 1. The summed E-state index contributed by atoms with van der Waals surface area (Å²) in [6.07, 6.45) is 2.74. The zero-order valence-electron chi connectivity index (χ0n) is 10.8. The lowest BCUT2D eigenvalue weighted by molar-refractivity contribution is 0.136. The summed E-state index contributed by atoms with van der Waals surface area (Å²) in [5.41, 5.74) is 1.29. The van der Waals surface area contributed by atoms with Gasteiger partial charge in [-0.25, -0.2) is 0 Å². The van der Waals surface area contributed by atoms with Crippen LogP contribution in [0.5, 0.6) is 0 Å². The van der Waals surface area contributed by atoms with Crippen molar-refractivity contribution in [1.29, 1.82) is 0 Å². The van der Waals surface area contributed by atoms with Crippen molar-refractivity contribution in [2.45, 2.75) is 32.7 Å². The molecule has 17 heavy (non-hydrogen) atoms. The number of furan rings is 1. The predicted octanol–water partition coefficient (Wildman–Crippen LogP) is 2.25. The first-order chi connectivity index (χ1) is 8.25. The Bertz CT molecular complexity index is 369. The van der Waals surface area contributed by atoms with Crippen LogP contribution in [-0.2, 0) is 0 Å². The maximum Gasteiger partial charge on any atom is 0.121 e. The maximum absolute atomic E-state index is 5.97. The van der Waals surface area contributed by atoms with Gasteiger partial charge in [0.25, 0.3) is 0 Å². The van der Waals surface area contributed by atoms with Gasteiger partial charge < -0.3 is 9.73 Å². The average molecular weight is 234 g/mol. The molecule has 0 unspecified atom stereocenters. The number of nitrogens with one attached hydrogen (secondary N) is 1. The van der Waals surface area contributed by atoms with Gasteiger partial charge in [-0.2, -0.15) is 0 Å². The Hall–Kier alpha value is -0.800. The first-order valence-corrected chi connectivity index (χ1v) is 6.77. The average Bonchev–Trinajstić information content (AvgIpc) is 3.09. The van der Waals surface area contributed by atoms with Gasteiger partial charge in [0.2, 0.25) is 0 Å². The molecule has 2 fully saturated rings. The largest absolute Gasteiger partial charge is 0.464 e. The summed E-state index contributed by atoms with van der Waals surface area (Å²) in [5, 5.41) is 3.42. The highest BCUT2D eigenvalue weighted by atomic mass is 16.3. The molecule has 1 saturated carbocycles. The second kappa shape index (κ2) is 4.46. The molecule has 94 valence electrons. The second-order valence-electron chi connectivity index (χ2n) is 5.46. The SMILES string of the molecule is Cc1cc([C@H](C2CC2)N2CCNCC2)oc1C. The van der Waals surface area contributed by atoms with Gasteiger partial charge in [0.15, 0.2) is 0 Å². The summed E-state index contributed by atoms with van der Waals surface area (Å²) in [5.74, 6) is 3.11. The molecule has 1 N–H and O–H groups in total. The molecule has 3 rings (SSSR count). The Kier molecular flexibility index (Phi) is 2.97. The van der Waals surface area contributed by atoms with Crippen molar-refractivity contribution >= 4 is 0 Å². The van der Waals surface area contributed by atoms with Crippen LogP contribution in [0, 0.1) is 19.8 Å². The fraction of sp³-hybridized carbons (Fsp3) is 0.714. The predicted molar refractivity (Wildman–Crippen MR) is 68.1 cm³/mol. The van der Waals surface area contributed by atoms with Gasteiger partial charge in [0, 0.05) is 26.2 Å². The van der Waals surface area contributed by atoms with E-state index in [-0.39, 0.29) is 0 Å². The van der Waals surface area contributed by atoms with Crippen LogP contribution < -0.4 is 5.32 Å². The highest BCUT2D eigenvalue weighted by Gasteiger charge is 2.38. The van der Waals surface area contributed by atoms with Crippen molar-refractivity contribution < 1.29 is 4.42 Å². The van der Waals surface area contributed by atoms with E-state index >= 15 is 0 Å². The molecule has 3 nitrogen and oxygen atoms in total. The summed E-state index contributed by atoms with van der Waals surface area (Å²) in [6, 6.07) is 2.78. The molecular formula is C14H22N2O. The van der Waals surface area contributed by atoms with Crippen LogP contribution >= 0.6 is 0 Å². The van der Waals surface area contributed by atoms with Crippen LogP contribution in [0.1, 0.15) is 36.0 Å². The van der Waals surface area contributed by atoms with E-state index in [1.165, 1.54) is 24.2 Å². The minimum atomic E-state index is 0.532. The van der Waals surface area contributed by atoms with Gasteiger partial charge in [-0.1, -0.05) is 0 Å². The normalized spacial score (nSPS) is 23.9. The minimum Gasteiger partial charge on any atom is -0.464 e. The number of nitrogens with zero attached hydrogens (tertiary/aromatic N) is 1.